The molecule has 1 aliphatic heterocycles. The second kappa shape index (κ2) is 8.19. The zero-order chi connectivity index (χ0) is 15.1. The molecule has 0 aliphatic carbocycles. The maximum Gasteiger partial charge on any atom is 0.316 e. The molecule has 0 saturated carbocycles. The fourth-order valence-corrected chi connectivity index (χ4v) is 3.07. The van der Waals surface area contributed by atoms with E-state index in [4.69, 9.17) is 0 Å². The number of ether oxygens (including phenoxy) is 1. The summed E-state index contributed by atoms with van der Waals surface area (Å²) < 4.78 is 4.61. The Kier molecular flexibility index (Phi) is 6.25. The Labute approximate surface area is 129 Å². The summed E-state index contributed by atoms with van der Waals surface area (Å²) in [5, 5.41) is 4.08. The van der Waals surface area contributed by atoms with Gasteiger partial charge in [0.25, 0.3) is 0 Å². The van der Waals surface area contributed by atoms with Crippen molar-refractivity contribution in [2.75, 3.05) is 44.9 Å². The Morgan fingerprint density at radius 1 is 1.57 bits per heavy atom. The molecule has 0 aromatic carbocycles. The normalized spacial score (nSPS) is 19.2. The third-order valence-electron chi connectivity index (χ3n) is 3.47. The first-order valence-electron chi connectivity index (χ1n) is 7.11. The van der Waals surface area contributed by atoms with Crippen molar-refractivity contribution in [3.8, 4) is 0 Å². The average Bonchev–Trinajstić information content (AvgIpc) is 2.51. The summed E-state index contributed by atoms with van der Waals surface area (Å²) in [6.45, 7) is 3.22. The van der Waals surface area contributed by atoms with E-state index >= 15 is 0 Å². The van der Waals surface area contributed by atoms with Crippen LogP contribution in [-0.2, 0) is 9.53 Å². The topological polar surface area (TPSA) is 67.3 Å². The zero-order valence-electron chi connectivity index (χ0n) is 12.5. The van der Waals surface area contributed by atoms with Gasteiger partial charge in [-0.3, -0.25) is 9.78 Å². The Bertz CT molecular complexity index is 472. The van der Waals surface area contributed by atoms with Crippen LogP contribution >= 0.6 is 11.8 Å². The van der Waals surface area contributed by atoms with Crippen molar-refractivity contribution in [2.24, 2.45) is 5.92 Å². The largest absolute Gasteiger partial charge is 0.468 e. The number of piperidine rings is 1. The van der Waals surface area contributed by atoms with Gasteiger partial charge in [0, 0.05) is 13.1 Å². The van der Waals surface area contributed by atoms with Gasteiger partial charge in [0.2, 0.25) is 0 Å². The first kappa shape index (κ1) is 16.0. The monoisotopic (exact) mass is 310 g/mol. The minimum Gasteiger partial charge on any atom is -0.468 e. The van der Waals surface area contributed by atoms with Crippen molar-refractivity contribution < 1.29 is 9.53 Å². The van der Waals surface area contributed by atoms with E-state index in [0.29, 0.717) is 5.92 Å². The molecule has 6 nitrogen and oxygen atoms in total. The quantitative estimate of drug-likeness (QED) is 0.631. The first-order valence-corrected chi connectivity index (χ1v) is 8.10. The summed E-state index contributed by atoms with van der Waals surface area (Å²) in [6, 6.07) is 0. The van der Waals surface area contributed by atoms with E-state index in [1.807, 2.05) is 0 Å². The highest BCUT2D eigenvalue weighted by Crippen LogP contribution is 2.18. The van der Waals surface area contributed by atoms with Crippen molar-refractivity contribution in [2.45, 2.75) is 17.9 Å². The summed E-state index contributed by atoms with van der Waals surface area (Å²) in [4.78, 5) is 22.1. The molecule has 2 heterocycles. The van der Waals surface area contributed by atoms with Gasteiger partial charge in [0.05, 0.1) is 25.3 Å². The number of nitrogens with zero attached hydrogens (tertiary/aromatic N) is 3. The minimum atomic E-state index is -0.259. The van der Waals surface area contributed by atoms with E-state index in [2.05, 4.69) is 32.0 Å². The van der Waals surface area contributed by atoms with Crippen LogP contribution in [0.5, 0.6) is 0 Å². The fourth-order valence-electron chi connectivity index (χ4n) is 2.38. The molecular weight excluding hydrogens is 288 g/mol. The van der Waals surface area contributed by atoms with Crippen LogP contribution in [0.2, 0.25) is 0 Å². The molecule has 0 spiro atoms. The van der Waals surface area contributed by atoms with E-state index in [1.165, 1.54) is 38.3 Å². The van der Waals surface area contributed by atoms with E-state index in [-0.39, 0.29) is 11.7 Å². The Hall–Kier alpha value is -1.34. The number of carbonyl (C=O) groups is 1. The molecule has 21 heavy (non-hydrogen) atoms. The molecule has 1 atom stereocenters. The van der Waals surface area contributed by atoms with Crippen molar-refractivity contribution >= 4 is 23.5 Å². The van der Waals surface area contributed by atoms with Crippen LogP contribution in [0.3, 0.4) is 0 Å². The Morgan fingerprint density at radius 3 is 3.19 bits per heavy atom. The molecule has 1 unspecified atom stereocenters. The van der Waals surface area contributed by atoms with Gasteiger partial charge in [-0.1, -0.05) is 11.8 Å². The molecule has 0 bridgehead atoms. The lowest BCUT2D eigenvalue weighted by Gasteiger charge is -2.29. The Morgan fingerprint density at radius 2 is 2.43 bits per heavy atom. The van der Waals surface area contributed by atoms with E-state index in [9.17, 15) is 4.79 Å². The van der Waals surface area contributed by atoms with Crippen LogP contribution in [0.4, 0.5) is 5.82 Å². The van der Waals surface area contributed by atoms with Crippen LogP contribution < -0.4 is 5.32 Å². The molecule has 0 radical (unpaired) electrons. The van der Waals surface area contributed by atoms with Crippen LogP contribution in [0.1, 0.15) is 12.8 Å². The minimum absolute atomic E-state index is 0.252. The molecule has 1 N–H and O–H groups in total. The lowest BCUT2D eigenvalue weighted by molar-refractivity contribution is -0.137. The molecule has 1 aromatic heterocycles. The third kappa shape index (κ3) is 5.51. The smallest absolute Gasteiger partial charge is 0.316 e. The number of carbonyl (C=O) groups excluding carboxylic acids is 1. The number of hydrogen-bond acceptors (Lipinski definition) is 7. The van der Waals surface area contributed by atoms with E-state index in [0.717, 1.165) is 23.9 Å². The molecule has 0 amide bonds. The van der Waals surface area contributed by atoms with Crippen molar-refractivity contribution in [3.63, 3.8) is 0 Å². The SMILES string of the molecule is COC(=O)CSc1cncc(NCC2CCCN(C)C2)n1. The molecule has 116 valence electrons. The highest BCUT2D eigenvalue weighted by atomic mass is 32.2. The summed E-state index contributed by atoms with van der Waals surface area (Å²) in [5.41, 5.74) is 0. The van der Waals surface area contributed by atoms with Gasteiger partial charge in [0.1, 0.15) is 10.8 Å². The standard InChI is InChI=1S/C14H22N4O2S/c1-18-5-3-4-11(9-18)6-16-12-7-15-8-13(17-12)21-10-14(19)20-2/h7-8,11H,3-6,9-10H2,1-2H3,(H,16,17). The first-order chi connectivity index (χ1) is 10.2. The van der Waals surface area contributed by atoms with Gasteiger partial charge >= 0.3 is 5.97 Å². The lowest BCUT2D eigenvalue weighted by atomic mass is 9.98. The summed E-state index contributed by atoms with van der Waals surface area (Å²) in [5.74, 6) is 1.41. The number of aromatic nitrogens is 2. The van der Waals surface area contributed by atoms with Gasteiger partial charge in [-0.15, -0.1) is 0 Å². The predicted molar refractivity (Wildman–Crippen MR) is 83.5 cm³/mol. The van der Waals surface area contributed by atoms with Crippen molar-refractivity contribution in [1.29, 1.82) is 0 Å². The van der Waals surface area contributed by atoms with Crippen molar-refractivity contribution in [1.82, 2.24) is 14.9 Å². The number of methoxy groups -OCH3 is 1. The second-order valence-corrected chi connectivity index (χ2v) is 6.25. The summed E-state index contributed by atoms with van der Waals surface area (Å²) in [6.07, 6.45) is 5.88. The Balaban J connectivity index is 1.81. The number of nitrogens with one attached hydrogen (secondary N) is 1. The maximum atomic E-state index is 11.1. The number of likely N-dealkylation sites (tertiary alicyclic amines) is 1. The van der Waals surface area contributed by atoms with Gasteiger partial charge in [-0.05, 0) is 32.4 Å². The predicted octanol–water partition coefficient (Wildman–Crippen LogP) is 1.50. The summed E-state index contributed by atoms with van der Waals surface area (Å²) in [7, 11) is 3.55. The molecule has 7 heteroatoms. The molecule has 1 fully saturated rings. The summed E-state index contributed by atoms with van der Waals surface area (Å²) >= 11 is 1.33. The van der Waals surface area contributed by atoms with Crippen LogP contribution in [0, 0.1) is 5.92 Å². The molecule has 1 saturated heterocycles. The van der Waals surface area contributed by atoms with E-state index in [1.54, 1.807) is 12.4 Å². The molecular formula is C14H22N4O2S. The van der Waals surface area contributed by atoms with Gasteiger partial charge in [-0.2, -0.15) is 0 Å². The van der Waals surface area contributed by atoms with Gasteiger partial charge < -0.3 is 15.0 Å². The average molecular weight is 310 g/mol. The van der Waals surface area contributed by atoms with Crippen molar-refractivity contribution in [3.05, 3.63) is 12.4 Å². The highest BCUT2D eigenvalue weighted by molar-refractivity contribution is 7.99. The van der Waals surface area contributed by atoms with Crippen LogP contribution in [0.15, 0.2) is 17.4 Å². The van der Waals surface area contributed by atoms with Crippen LogP contribution in [-0.4, -0.2) is 60.4 Å². The molecule has 1 aromatic rings. The third-order valence-corrected chi connectivity index (χ3v) is 4.34. The number of hydrogen-bond donors (Lipinski definition) is 1. The highest BCUT2D eigenvalue weighted by Gasteiger charge is 2.16. The van der Waals surface area contributed by atoms with Gasteiger partial charge in [0.15, 0.2) is 0 Å². The molecule has 1 aliphatic rings. The number of rotatable bonds is 6. The van der Waals surface area contributed by atoms with Crippen LogP contribution in [0.25, 0.3) is 0 Å². The molecule has 2 rings (SSSR count). The maximum absolute atomic E-state index is 11.1. The van der Waals surface area contributed by atoms with Gasteiger partial charge in [-0.25, -0.2) is 4.98 Å². The van der Waals surface area contributed by atoms with E-state index < -0.39 is 0 Å². The lowest BCUT2D eigenvalue weighted by Crippen LogP contribution is -2.35. The number of thioether (sulfide) groups is 1. The zero-order valence-corrected chi connectivity index (χ0v) is 13.4. The number of esters is 1. The number of anilines is 1. The second-order valence-electron chi connectivity index (χ2n) is 5.26. The fraction of sp³-hybridized carbons (Fsp3) is 0.643.